The Morgan fingerprint density at radius 2 is 2.25 bits per heavy atom. The molecule has 0 fully saturated rings. The highest BCUT2D eigenvalue weighted by molar-refractivity contribution is 4.99. The van der Waals surface area contributed by atoms with E-state index in [2.05, 4.69) is 35.6 Å². The molecule has 4 nitrogen and oxygen atoms in total. The van der Waals surface area contributed by atoms with Gasteiger partial charge in [0, 0.05) is 31.4 Å². The van der Waals surface area contributed by atoms with E-state index in [9.17, 15) is 0 Å². The highest BCUT2D eigenvalue weighted by Crippen LogP contribution is 2.09. The molecular formula is C12H23N3O. The Labute approximate surface area is 97.7 Å². The van der Waals surface area contributed by atoms with Gasteiger partial charge in [-0.2, -0.15) is 0 Å². The van der Waals surface area contributed by atoms with Crippen molar-refractivity contribution in [2.75, 3.05) is 6.61 Å². The number of rotatable bonds is 7. The number of hydrogen-bond acceptors (Lipinski definition) is 3. The average molecular weight is 225 g/mol. The molecule has 0 amide bonds. The van der Waals surface area contributed by atoms with E-state index in [1.54, 1.807) is 0 Å². The molecule has 0 atom stereocenters. The molecule has 92 valence electrons. The monoisotopic (exact) mass is 225 g/mol. The van der Waals surface area contributed by atoms with Crippen molar-refractivity contribution in [3.8, 4) is 0 Å². The lowest BCUT2D eigenvalue weighted by Crippen LogP contribution is -2.39. The van der Waals surface area contributed by atoms with Gasteiger partial charge in [0.15, 0.2) is 0 Å². The summed E-state index contributed by atoms with van der Waals surface area (Å²) in [6.07, 6.45) is 5.65. The second-order valence-electron chi connectivity index (χ2n) is 4.79. The first-order valence-electron chi connectivity index (χ1n) is 5.94. The lowest BCUT2D eigenvalue weighted by atomic mass is 10.0. The molecule has 0 aliphatic carbocycles. The Bertz CT molecular complexity index is 307. The van der Waals surface area contributed by atoms with E-state index in [1.807, 2.05) is 12.5 Å². The van der Waals surface area contributed by atoms with Crippen LogP contribution in [0.4, 0.5) is 0 Å². The standard InChI is InChI=1S/C12H23N3O/c1-4-6-15-10-13-8-11(15)9-14-12(2,3)5-7-16/h8,10,14,16H,4-7,9H2,1-3H3. The quantitative estimate of drug-likeness (QED) is 0.740. The maximum Gasteiger partial charge on any atom is 0.0948 e. The van der Waals surface area contributed by atoms with Crippen LogP contribution in [-0.4, -0.2) is 26.8 Å². The lowest BCUT2D eigenvalue weighted by Gasteiger charge is -2.25. The summed E-state index contributed by atoms with van der Waals surface area (Å²) in [5, 5.41) is 12.4. The van der Waals surface area contributed by atoms with E-state index in [4.69, 9.17) is 5.11 Å². The minimum Gasteiger partial charge on any atom is -0.396 e. The summed E-state index contributed by atoms with van der Waals surface area (Å²) in [4.78, 5) is 4.16. The number of hydrogen-bond donors (Lipinski definition) is 2. The molecule has 1 rings (SSSR count). The van der Waals surface area contributed by atoms with E-state index < -0.39 is 0 Å². The minimum atomic E-state index is -0.0317. The predicted molar refractivity (Wildman–Crippen MR) is 65.1 cm³/mol. The summed E-state index contributed by atoms with van der Waals surface area (Å²) < 4.78 is 2.17. The van der Waals surface area contributed by atoms with Gasteiger partial charge in [-0.1, -0.05) is 6.92 Å². The van der Waals surface area contributed by atoms with Crippen LogP contribution in [-0.2, 0) is 13.1 Å². The summed E-state index contributed by atoms with van der Waals surface area (Å²) >= 11 is 0. The highest BCUT2D eigenvalue weighted by Gasteiger charge is 2.16. The summed E-state index contributed by atoms with van der Waals surface area (Å²) in [6, 6.07) is 0. The normalized spacial score (nSPS) is 12.0. The zero-order valence-electron chi connectivity index (χ0n) is 10.5. The molecule has 4 heteroatoms. The smallest absolute Gasteiger partial charge is 0.0948 e. The summed E-state index contributed by atoms with van der Waals surface area (Å²) in [7, 11) is 0. The van der Waals surface area contributed by atoms with E-state index in [1.165, 1.54) is 5.69 Å². The number of nitrogens with zero attached hydrogens (tertiary/aromatic N) is 2. The van der Waals surface area contributed by atoms with Crippen LogP contribution in [0.3, 0.4) is 0 Å². The van der Waals surface area contributed by atoms with Crippen LogP contribution in [0.2, 0.25) is 0 Å². The van der Waals surface area contributed by atoms with E-state index in [-0.39, 0.29) is 12.1 Å². The molecule has 0 saturated carbocycles. The van der Waals surface area contributed by atoms with Crippen LogP contribution in [0.15, 0.2) is 12.5 Å². The average Bonchev–Trinajstić information content (AvgIpc) is 2.63. The number of aromatic nitrogens is 2. The maximum atomic E-state index is 8.94. The Morgan fingerprint density at radius 1 is 1.50 bits per heavy atom. The van der Waals surface area contributed by atoms with Gasteiger partial charge in [-0.05, 0) is 26.7 Å². The van der Waals surface area contributed by atoms with Gasteiger partial charge in [0.05, 0.1) is 12.0 Å². The fourth-order valence-electron chi connectivity index (χ4n) is 1.64. The molecular weight excluding hydrogens is 202 g/mol. The van der Waals surface area contributed by atoms with Crippen LogP contribution in [0.1, 0.15) is 39.3 Å². The predicted octanol–water partition coefficient (Wildman–Crippen LogP) is 1.54. The number of aryl methyl sites for hydroxylation is 1. The Kier molecular flexibility index (Phi) is 4.96. The van der Waals surface area contributed by atoms with Gasteiger partial charge >= 0.3 is 0 Å². The first kappa shape index (κ1) is 13.2. The third-order valence-corrected chi connectivity index (χ3v) is 2.75. The molecule has 0 aliphatic rings. The zero-order chi connectivity index (χ0) is 12.0. The Morgan fingerprint density at radius 3 is 2.88 bits per heavy atom. The van der Waals surface area contributed by atoms with Gasteiger partial charge in [-0.3, -0.25) is 0 Å². The second kappa shape index (κ2) is 6.01. The van der Waals surface area contributed by atoms with Gasteiger partial charge in [-0.25, -0.2) is 4.98 Å². The molecule has 1 aromatic heterocycles. The third kappa shape index (κ3) is 3.94. The molecule has 0 unspecified atom stereocenters. The summed E-state index contributed by atoms with van der Waals surface area (Å²) in [6.45, 7) is 8.39. The molecule has 0 radical (unpaired) electrons. The van der Waals surface area contributed by atoms with Crippen LogP contribution in [0.25, 0.3) is 0 Å². The fourth-order valence-corrected chi connectivity index (χ4v) is 1.64. The maximum absolute atomic E-state index is 8.94. The summed E-state index contributed by atoms with van der Waals surface area (Å²) in [5.74, 6) is 0. The number of aliphatic hydroxyl groups is 1. The fraction of sp³-hybridized carbons (Fsp3) is 0.750. The van der Waals surface area contributed by atoms with Crippen molar-refractivity contribution in [2.45, 2.75) is 52.2 Å². The molecule has 0 bridgehead atoms. The van der Waals surface area contributed by atoms with E-state index >= 15 is 0 Å². The third-order valence-electron chi connectivity index (χ3n) is 2.75. The highest BCUT2D eigenvalue weighted by atomic mass is 16.3. The van der Waals surface area contributed by atoms with Gasteiger partial charge in [0.25, 0.3) is 0 Å². The Balaban J connectivity index is 2.50. The Hall–Kier alpha value is -0.870. The zero-order valence-corrected chi connectivity index (χ0v) is 10.5. The lowest BCUT2D eigenvalue weighted by molar-refractivity contribution is 0.229. The van der Waals surface area contributed by atoms with Gasteiger partial charge in [0.2, 0.25) is 0 Å². The van der Waals surface area contributed by atoms with Gasteiger partial charge < -0.3 is 15.0 Å². The first-order chi connectivity index (χ1) is 7.59. The van der Waals surface area contributed by atoms with Crippen molar-refractivity contribution in [3.63, 3.8) is 0 Å². The van der Waals surface area contributed by atoms with Gasteiger partial charge in [-0.15, -0.1) is 0 Å². The van der Waals surface area contributed by atoms with Crippen molar-refractivity contribution < 1.29 is 5.11 Å². The largest absolute Gasteiger partial charge is 0.396 e. The molecule has 16 heavy (non-hydrogen) atoms. The molecule has 0 aromatic carbocycles. The summed E-state index contributed by atoms with van der Waals surface area (Å²) in [5.41, 5.74) is 1.17. The van der Waals surface area contributed by atoms with Crippen molar-refractivity contribution >= 4 is 0 Å². The molecule has 2 N–H and O–H groups in total. The molecule has 1 aromatic rings. The van der Waals surface area contributed by atoms with Crippen LogP contribution < -0.4 is 5.32 Å². The number of nitrogens with one attached hydrogen (secondary N) is 1. The molecule has 1 heterocycles. The van der Waals surface area contributed by atoms with Crippen LogP contribution >= 0.6 is 0 Å². The number of aliphatic hydroxyl groups excluding tert-OH is 1. The van der Waals surface area contributed by atoms with Crippen molar-refractivity contribution in [2.24, 2.45) is 0 Å². The SMILES string of the molecule is CCCn1cncc1CNC(C)(C)CCO. The van der Waals surface area contributed by atoms with Crippen LogP contribution in [0.5, 0.6) is 0 Å². The van der Waals surface area contributed by atoms with E-state index in [0.717, 1.165) is 25.9 Å². The van der Waals surface area contributed by atoms with E-state index in [0.29, 0.717) is 0 Å². The van der Waals surface area contributed by atoms with Crippen molar-refractivity contribution in [3.05, 3.63) is 18.2 Å². The molecule has 0 spiro atoms. The van der Waals surface area contributed by atoms with Gasteiger partial charge in [0.1, 0.15) is 0 Å². The first-order valence-corrected chi connectivity index (χ1v) is 5.94. The molecule has 0 saturated heterocycles. The van der Waals surface area contributed by atoms with Crippen LogP contribution in [0, 0.1) is 0 Å². The minimum absolute atomic E-state index is 0.0317. The van der Waals surface area contributed by atoms with Crippen molar-refractivity contribution in [1.29, 1.82) is 0 Å². The number of imidazole rings is 1. The second-order valence-corrected chi connectivity index (χ2v) is 4.79. The van der Waals surface area contributed by atoms with Crippen molar-refractivity contribution in [1.82, 2.24) is 14.9 Å². The molecule has 0 aliphatic heterocycles. The topological polar surface area (TPSA) is 50.1 Å².